The maximum Gasteiger partial charge on any atom is 0.255 e. The number of pyridine rings is 1. The number of carbonyl (C=O) groups excluding carboxylic acids is 1. The van der Waals surface area contributed by atoms with Crippen LogP contribution in [0.15, 0.2) is 48.3 Å². The molecule has 9 heteroatoms. The van der Waals surface area contributed by atoms with E-state index in [2.05, 4.69) is 20.6 Å². The Morgan fingerprint density at radius 1 is 1.29 bits per heavy atom. The number of rotatable bonds is 9. The highest BCUT2D eigenvalue weighted by molar-refractivity contribution is 6.06. The van der Waals surface area contributed by atoms with Crippen molar-refractivity contribution in [2.45, 2.75) is 26.4 Å². The number of nitrogens with zero attached hydrogens (tertiary/aromatic N) is 1. The van der Waals surface area contributed by atoms with E-state index in [1.165, 1.54) is 13.2 Å². The summed E-state index contributed by atoms with van der Waals surface area (Å²) in [6, 6.07) is 6.39. The van der Waals surface area contributed by atoms with Crippen LogP contribution in [0.25, 0.3) is 11.3 Å². The molecule has 2 aromatic heterocycles. The van der Waals surface area contributed by atoms with Crippen molar-refractivity contribution >= 4 is 17.3 Å². The summed E-state index contributed by atoms with van der Waals surface area (Å²) in [4.78, 5) is 20.5. The van der Waals surface area contributed by atoms with Crippen molar-refractivity contribution in [3.63, 3.8) is 0 Å². The monoisotopic (exact) mass is 480 g/mol. The number of benzene rings is 1. The number of ether oxygens (including phenoxy) is 3. The van der Waals surface area contributed by atoms with Gasteiger partial charge in [-0.1, -0.05) is 17.7 Å². The predicted octanol–water partition coefficient (Wildman–Crippen LogP) is 4.61. The molecule has 3 heterocycles. The first-order valence-electron chi connectivity index (χ1n) is 11.3. The quantitative estimate of drug-likeness (QED) is 0.387. The van der Waals surface area contributed by atoms with E-state index in [9.17, 15) is 9.18 Å². The molecule has 184 valence electrons. The minimum Gasteiger partial charge on any atom is -0.492 e. The van der Waals surface area contributed by atoms with Gasteiger partial charge in [0.1, 0.15) is 18.5 Å². The average Bonchev–Trinajstić information content (AvgIpc) is 3.21. The molecule has 8 nitrogen and oxygen atoms in total. The number of hydrogen-bond acceptors (Lipinski definition) is 6. The number of H-pyrrole nitrogens is 1. The number of allylic oxidation sites excluding steroid dienone is 1. The first kappa shape index (κ1) is 24.3. The van der Waals surface area contributed by atoms with Crippen LogP contribution in [0.3, 0.4) is 0 Å². The van der Waals surface area contributed by atoms with Crippen LogP contribution in [-0.2, 0) is 11.2 Å². The Morgan fingerprint density at radius 3 is 2.86 bits per heavy atom. The molecule has 1 unspecified atom stereocenters. The minimum absolute atomic E-state index is 0.0560. The van der Waals surface area contributed by atoms with Crippen molar-refractivity contribution in [3.05, 3.63) is 65.4 Å². The van der Waals surface area contributed by atoms with Crippen LogP contribution < -0.4 is 20.1 Å². The van der Waals surface area contributed by atoms with Crippen molar-refractivity contribution in [2.24, 2.45) is 0 Å². The molecule has 0 bridgehead atoms. The van der Waals surface area contributed by atoms with Crippen LogP contribution in [-0.4, -0.2) is 49.4 Å². The van der Waals surface area contributed by atoms with E-state index in [0.29, 0.717) is 46.9 Å². The van der Waals surface area contributed by atoms with Gasteiger partial charge in [-0.2, -0.15) is 0 Å². The number of amides is 1. The second kappa shape index (κ2) is 10.6. The number of para-hydroxylation sites is 1. The Kier molecular flexibility index (Phi) is 7.36. The van der Waals surface area contributed by atoms with Gasteiger partial charge in [0.25, 0.3) is 5.91 Å². The second-order valence-electron chi connectivity index (χ2n) is 8.38. The fourth-order valence-electron chi connectivity index (χ4n) is 4.09. The van der Waals surface area contributed by atoms with Crippen molar-refractivity contribution in [3.8, 4) is 22.8 Å². The third-order valence-electron chi connectivity index (χ3n) is 5.67. The van der Waals surface area contributed by atoms with Crippen LogP contribution >= 0.6 is 0 Å². The predicted molar refractivity (Wildman–Crippen MR) is 132 cm³/mol. The number of hydrogen-bond donors (Lipinski definition) is 3. The molecule has 4 rings (SSSR count). The average molecular weight is 481 g/mol. The van der Waals surface area contributed by atoms with Gasteiger partial charge in [-0.25, -0.2) is 4.39 Å². The summed E-state index contributed by atoms with van der Waals surface area (Å²) in [6.07, 6.45) is 5.65. The van der Waals surface area contributed by atoms with Crippen molar-refractivity contribution in [1.29, 1.82) is 0 Å². The van der Waals surface area contributed by atoms with Crippen molar-refractivity contribution in [1.82, 2.24) is 15.3 Å². The highest BCUT2D eigenvalue weighted by Crippen LogP contribution is 2.42. The number of fused-ring (bicyclic) bond motifs is 1. The largest absolute Gasteiger partial charge is 0.492 e. The molecule has 3 aromatic rings. The highest BCUT2D eigenvalue weighted by Gasteiger charge is 2.29. The van der Waals surface area contributed by atoms with Crippen LogP contribution in [0.2, 0.25) is 0 Å². The topological polar surface area (TPSA) is 97.5 Å². The fourth-order valence-corrected chi connectivity index (χ4v) is 4.09. The molecule has 1 aliphatic heterocycles. The first-order chi connectivity index (χ1) is 16.9. The lowest BCUT2D eigenvalue weighted by molar-refractivity contribution is 0.0912. The molecule has 0 radical (unpaired) electrons. The highest BCUT2D eigenvalue weighted by atomic mass is 19.1. The molecule has 0 spiro atoms. The SMILES string of the molecule is COc1c(F)cccc1Nc1c(-c2ccncc2OCC(C=C(C)C)OC)[nH]c2c1C(=O)NCC2. The molecule has 0 aliphatic carbocycles. The van der Waals surface area contributed by atoms with Gasteiger partial charge < -0.3 is 29.8 Å². The van der Waals surface area contributed by atoms with E-state index < -0.39 is 5.82 Å². The van der Waals surface area contributed by atoms with E-state index in [1.807, 2.05) is 19.9 Å². The lowest BCUT2D eigenvalue weighted by Crippen LogP contribution is -2.31. The Hall–Kier alpha value is -3.85. The van der Waals surface area contributed by atoms with E-state index >= 15 is 0 Å². The first-order valence-corrected chi connectivity index (χ1v) is 11.3. The summed E-state index contributed by atoms with van der Waals surface area (Å²) in [5.74, 6) is -0.151. The smallest absolute Gasteiger partial charge is 0.255 e. The maximum absolute atomic E-state index is 14.4. The Morgan fingerprint density at radius 2 is 2.11 bits per heavy atom. The molecule has 1 aromatic carbocycles. The van der Waals surface area contributed by atoms with Gasteiger partial charge in [-0.05, 0) is 32.0 Å². The van der Waals surface area contributed by atoms with Crippen LogP contribution in [0, 0.1) is 5.82 Å². The third kappa shape index (κ3) is 5.14. The number of halogens is 1. The third-order valence-corrected chi connectivity index (χ3v) is 5.67. The Bertz CT molecular complexity index is 1250. The van der Waals surface area contributed by atoms with Gasteiger partial charge in [0.05, 0.1) is 35.9 Å². The molecule has 1 atom stereocenters. The van der Waals surface area contributed by atoms with Gasteiger partial charge in [0.15, 0.2) is 11.6 Å². The normalized spacial score (nSPS) is 13.5. The van der Waals surface area contributed by atoms with Gasteiger partial charge in [-0.15, -0.1) is 0 Å². The zero-order valence-corrected chi connectivity index (χ0v) is 20.2. The number of carbonyl (C=O) groups is 1. The summed E-state index contributed by atoms with van der Waals surface area (Å²) in [7, 11) is 3.03. The fraction of sp³-hybridized carbons (Fsp3) is 0.308. The lowest BCUT2D eigenvalue weighted by atomic mass is 10.0. The molecule has 1 amide bonds. The summed E-state index contributed by atoms with van der Waals surface area (Å²) < 4.78 is 31.3. The van der Waals surface area contributed by atoms with Gasteiger partial charge in [0.2, 0.25) is 0 Å². The zero-order chi connectivity index (χ0) is 24.9. The summed E-state index contributed by atoms with van der Waals surface area (Å²) in [6.45, 7) is 4.79. The van der Waals surface area contributed by atoms with Gasteiger partial charge >= 0.3 is 0 Å². The summed E-state index contributed by atoms with van der Waals surface area (Å²) in [5.41, 5.74) is 4.60. The standard InChI is InChI=1S/C26H29FN4O4/c1-15(2)12-16(33-3)14-35-21-13-28-10-8-17(21)23-24(22-19(30-23)9-11-29-26(22)32)31-20-7-5-6-18(27)25(20)34-4/h5-8,10,12-13,16,30-31H,9,11,14H2,1-4H3,(H,29,32). The summed E-state index contributed by atoms with van der Waals surface area (Å²) >= 11 is 0. The molecule has 3 N–H and O–H groups in total. The minimum atomic E-state index is -0.509. The molecular formula is C26H29FN4O4. The van der Waals surface area contributed by atoms with E-state index in [-0.39, 0.29) is 24.4 Å². The van der Waals surface area contributed by atoms with Crippen LogP contribution in [0.1, 0.15) is 29.9 Å². The number of anilines is 2. The maximum atomic E-state index is 14.4. The molecule has 0 saturated carbocycles. The molecule has 1 aliphatic rings. The Balaban J connectivity index is 1.78. The van der Waals surface area contributed by atoms with Crippen LogP contribution in [0.4, 0.5) is 15.8 Å². The van der Waals surface area contributed by atoms with E-state index in [1.54, 1.807) is 37.7 Å². The zero-order valence-electron chi connectivity index (χ0n) is 20.2. The van der Waals surface area contributed by atoms with Gasteiger partial charge in [-0.3, -0.25) is 9.78 Å². The van der Waals surface area contributed by atoms with E-state index in [0.717, 1.165) is 11.3 Å². The van der Waals surface area contributed by atoms with E-state index in [4.69, 9.17) is 14.2 Å². The van der Waals surface area contributed by atoms with Crippen molar-refractivity contribution < 1.29 is 23.4 Å². The number of nitrogens with one attached hydrogen (secondary N) is 3. The number of aromatic amines is 1. The number of aromatic nitrogens is 2. The molecular weight excluding hydrogens is 451 g/mol. The van der Waals surface area contributed by atoms with Crippen molar-refractivity contribution in [2.75, 3.05) is 32.7 Å². The summed E-state index contributed by atoms with van der Waals surface area (Å²) in [5, 5.41) is 6.11. The lowest BCUT2D eigenvalue weighted by Gasteiger charge is -2.18. The molecule has 0 fully saturated rings. The Labute approximate surface area is 203 Å². The van der Waals surface area contributed by atoms with Gasteiger partial charge in [0, 0.05) is 37.5 Å². The van der Waals surface area contributed by atoms with Crippen LogP contribution in [0.5, 0.6) is 11.5 Å². The molecule has 35 heavy (non-hydrogen) atoms. The number of methoxy groups -OCH3 is 2. The molecule has 0 saturated heterocycles. The second-order valence-corrected chi connectivity index (χ2v) is 8.38.